The molecule has 22 heavy (non-hydrogen) atoms. The second-order valence-electron chi connectivity index (χ2n) is 4.50. The first kappa shape index (κ1) is 13.8. The van der Waals surface area contributed by atoms with E-state index in [4.69, 9.17) is 14.3 Å². The highest BCUT2D eigenvalue weighted by atomic mass is 16.5. The average molecular weight is 296 g/mol. The molecule has 0 bridgehead atoms. The van der Waals surface area contributed by atoms with Crippen LogP contribution in [0, 0.1) is 0 Å². The number of carboxylic acids is 1. The van der Waals surface area contributed by atoms with Gasteiger partial charge in [-0.15, -0.1) is 0 Å². The highest BCUT2D eigenvalue weighted by Gasteiger charge is 2.11. The van der Waals surface area contributed by atoms with Crippen molar-refractivity contribution >= 4 is 5.97 Å². The Morgan fingerprint density at radius 2 is 2.09 bits per heavy atom. The third-order valence-corrected chi connectivity index (χ3v) is 2.93. The van der Waals surface area contributed by atoms with E-state index in [-0.39, 0.29) is 5.76 Å². The molecule has 6 heteroatoms. The van der Waals surface area contributed by atoms with Crippen molar-refractivity contribution in [1.29, 1.82) is 0 Å². The standard InChI is InChI=1S/C16H12N2O4/c19-16(20)15-6-5-14(22-15)13-4-3-12(9-18-13)21-10-11-2-1-7-17-8-11/h1-9H,10H2,(H,19,20). The van der Waals surface area contributed by atoms with Crippen molar-refractivity contribution in [3.8, 4) is 17.2 Å². The molecule has 0 spiro atoms. The Labute approximate surface area is 126 Å². The van der Waals surface area contributed by atoms with Crippen molar-refractivity contribution < 1.29 is 19.1 Å². The van der Waals surface area contributed by atoms with Gasteiger partial charge in [0.15, 0.2) is 5.76 Å². The molecule has 0 amide bonds. The van der Waals surface area contributed by atoms with Crippen LogP contribution in [0.4, 0.5) is 0 Å². The Bertz CT molecular complexity index is 766. The first-order valence-corrected chi connectivity index (χ1v) is 6.53. The monoisotopic (exact) mass is 296 g/mol. The van der Waals surface area contributed by atoms with Crippen LogP contribution >= 0.6 is 0 Å². The Morgan fingerprint density at radius 1 is 1.18 bits per heavy atom. The van der Waals surface area contributed by atoms with Crippen LogP contribution in [-0.4, -0.2) is 21.0 Å². The number of aromatic carboxylic acids is 1. The molecule has 3 heterocycles. The lowest BCUT2D eigenvalue weighted by molar-refractivity contribution is 0.0663. The van der Waals surface area contributed by atoms with Crippen molar-refractivity contribution in [2.75, 3.05) is 0 Å². The van der Waals surface area contributed by atoms with Gasteiger partial charge in [0.25, 0.3) is 0 Å². The largest absolute Gasteiger partial charge is 0.487 e. The molecule has 0 atom stereocenters. The van der Waals surface area contributed by atoms with E-state index >= 15 is 0 Å². The van der Waals surface area contributed by atoms with Crippen LogP contribution in [0.5, 0.6) is 5.75 Å². The SMILES string of the molecule is O=C(O)c1ccc(-c2ccc(OCc3cccnc3)cn2)o1. The number of pyridine rings is 2. The third kappa shape index (κ3) is 3.12. The van der Waals surface area contributed by atoms with Crippen LogP contribution < -0.4 is 4.74 Å². The first-order valence-electron chi connectivity index (χ1n) is 6.53. The number of aromatic nitrogens is 2. The summed E-state index contributed by atoms with van der Waals surface area (Å²) < 4.78 is 10.8. The first-order chi connectivity index (χ1) is 10.7. The van der Waals surface area contributed by atoms with Crippen molar-refractivity contribution in [3.63, 3.8) is 0 Å². The smallest absolute Gasteiger partial charge is 0.371 e. The molecule has 3 aromatic heterocycles. The van der Waals surface area contributed by atoms with E-state index in [0.29, 0.717) is 23.8 Å². The molecule has 0 aliphatic rings. The van der Waals surface area contributed by atoms with Gasteiger partial charge in [0.1, 0.15) is 18.1 Å². The van der Waals surface area contributed by atoms with E-state index in [1.807, 2.05) is 12.1 Å². The number of rotatable bonds is 5. The van der Waals surface area contributed by atoms with Crippen LogP contribution in [0.25, 0.3) is 11.5 Å². The van der Waals surface area contributed by atoms with Crippen LogP contribution in [-0.2, 0) is 6.61 Å². The van der Waals surface area contributed by atoms with Crippen molar-refractivity contribution in [2.24, 2.45) is 0 Å². The molecule has 3 rings (SSSR count). The summed E-state index contributed by atoms with van der Waals surface area (Å²) in [6.45, 7) is 0.402. The molecule has 0 saturated carbocycles. The van der Waals surface area contributed by atoms with Crippen molar-refractivity contribution in [3.05, 3.63) is 66.3 Å². The summed E-state index contributed by atoms with van der Waals surface area (Å²) in [6.07, 6.45) is 5.00. The number of nitrogens with zero attached hydrogens (tertiary/aromatic N) is 2. The van der Waals surface area contributed by atoms with Crippen LogP contribution in [0.2, 0.25) is 0 Å². The highest BCUT2D eigenvalue weighted by molar-refractivity contribution is 5.85. The molecule has 3 aromatic rings. The number of carboxylic acid groups (broad SMARTS) is 1. The van der Waals surface area contributed by atoms with Crippen molar-refractivity contribution in [1.82, 2.24) is 9.97 Å². The maximum absolute atomic E-state index is 10.8. The third-order valence-electron chi connectivity index (χ3n) is 2.93. The van der Waals surface area contributed by atoms with Gasteiger partial charge >= 0.3 is 5.97 Å². The maximum Gasteiger partial charge on any atom is 0.371 e. The Kier molecular flexibility index (Phi) is 3.82. The van der Waals surface area contributed by atoms with Gasteiger partial charge < -0.3 is 14.3 Å². The zero-order valence-corrected chi connectivity index (χ0v) is 11.5. The average Bonchev–Trinajstić information content (AvgIpc) is 3.05. The van der Waals surface area contributed by atoms with Gasteiger partial charge in [-0.2, -0.15) is 0 Å². The van der Waals surface area contributed by atoms with E-state index in [9.17, 15) is 4.79 Å². The van der Waals surface area contributed by atoms with Crippen LogP contribution in [0.1, 0.15) is 16.1 Å². The zero-order valence-electron chi connectivity index (χ0n) is 11.5. The lowest BCUT2D eigenvalue weighted by Crippen LogP contribution is -1.96. The Morgan fingerprint density at radius 3 is 2.73 bits per heavy atom. The Hall–Kier alpha value is -3.15. The molecule has 6 nitrogen and oxygen atoms in total. The second-order valence-corrected chi connectivity index (χ2v) is 4.50. The highest BCUT2D eigenvalue weighted by Crippen LogP contribution is 2.22. The molecule has 0 saturated heterocycles. The van der Waals surface area contributed by atoms with E-state index in [1.54, 1.807) is 36.8 Å². The summed E-state index contributed by atoms with van der Waals surface area (Å²) in [5.74, 6) is -0.217. The fraction of sp³-hybridized carbons (Fsp3) is 0.0625. The minimum atomic E-state index is -1.11. The van der Waals surface area contributed by atoms with Gasteiger partial charge in [-0.05, 0) is 30.3 Å². The van der Waals surface area contributed by atoms with E-state index < -0.39 is 5.97 Å². The van der Waals surface area contributed by atoms with E-state index in [2.05, 4.69) is 9.97 Å². The molecule has 0 radical (unpaired) electrons. The van der Waals surface area contributed by atoms with Gasteiger partial charge in [0.05, 0.1) is 6.20 Å². The van der Waals surface area contributed by atoms with Gasteiger partial charge in [-0.25, -0.2) is 9.78 Å². The summed E-state index contributed by atoms with van der Waals surface area (Å²) in [5, 5.41) is 8.83. The van der Waals surface area contributed by atoms with Gasteiger partial charge in [0.2, 0.25) is 5.76 Å². The number of hydrogen-bond donors (Lipinski definition) is 1. The summed E-state index contributed by atoms with van der Waals surface area (Å²) in [5.41, 5.74) is 1.50. The quantitative estimate of drug-likeness (QED) is 0.779. The number of furan rings is 1. The van der Waals surface area contributed by atoms with Gasteiger partial charge in [0, 0.05) is 18.0 Å². The summed E-state index contributed by atoms with van der Waals surface area (Å²) in [7, 11) is 0. The number of ether oxygens (including phenoxy) is 1. The molecule has 0 unspecified atom stereocenters. The minimum Gasteiger partial charge on any atom is -0.487 e. The van der Waals surface area contributed by atoms with E-state index in [1.165, 1.54) is 6.07 Å². The van der Waals surface area contributed by atoms with Gasteiger partial charge in [-0.1, -0.05) is 6.07 Å². The summed E-state index contributed by atoms with van der Waals surface area (Å²) in [6, 6.07) is 10.2. The second kappa shape index (κ2) is 6.09. The normalized spacial score (nSPS) is 10.4. The topological polar surface area (TPSA) is 85.5 Å². The lowest BCUT2D eigenvalue weighted by Gasteiger charge is -2.05. The molecular weight excluding hydrogens is 284 g/mol. The number of carbonyl (C=O) groups is 1. The maximum atomic E-state index is 10.8. The molecule has 0 fully saturated rings. The summed E-state index contributed by atoms with van der Waals surface area (Å²) in [4.78, 5) is 19.0. The number of hydrogen-bond acceptors (Lipinski definition) is 5. The zero-order chi connectivity index (χ0) is 15.4. The fourth-order valence-electron chi connectivity index (χ4n) is 1.85. The predicted molar refractivity (Wildman–Crippen MR) is 77.5 cm³/mol. The molecule has 1 N–H and O–H groups in total. The molecule has 0 aromatic carbocycles. The molecular formula is C16H12N2O4. The minimum absolute atomic E-state index is 0.117. The van der Waals surface area contributed by atoms with Crippen molar-refractivity contribution in [2.45, 2.75) is 6.61 Å². The molecule has 0 aliphatic heterocycles. The lowest BCUT2D eigenvalue weighted by atomic mass is 10.3. The molecule has 110 valence electrons. The predicted octanol–water partition coefficient (Wildman–Crippen LogP) is 3.01. The Balaban J connectivity index is 1.68. The summed E-state index contributed by atoms with van der Waals surface area (Å²) >= 11 is 0. The van der Waals surface area contributed by atoms with Crippen LogP contribution in [0.15, 0.2) is 59.4 Å². The fourth-order valence-corrected chi connectivity index (χ4v) is 1.85. The van der Waals surface area contributed by atoms with Gasteiger partial charge in [-0.3, -0.25) is 4.98 Å². The van der Waals surface area contributed by atoms with E-state index in [0.717, 1.165) is 5.56 Å². The van der Waals surface area contributed by atoms with Crippen LogP contribution in [0.3, 0.4) is 0 Å². The molecule has 0 aliphatic carbocycles.